The molecule has 5 heteroatoms. The van der Waals surface area contributed by atoms with Crippen LogP contribution in [0.4, 0.5) is 0 Å². The number of methoxy groups -OCH3 is 2. The van der Waals surface area contributed by atoms with Gasteiger partial charge in [-0.05, 0) is 20.3 Å². The lowest BCUT2D eigenvalue weighted by Gasteiger charge is -2.34. The molecule has 0 aromatic rings. The molecule has 0 spiro atoms. The molecule has 0 heterocycles. The number of nitrogens with zero attached hydrogens (tertiary/aromatic N) is 1. The highest BCUT2D eigenvalue weighted by molar-refractivity contribution is 5.66. The third-order valence-corrected chi connectivity index (χ3v) is 2.87. The topological polar surface area (TPSA) is 59.0 Å². The van der Waals surface area contributed by atoms with Gasteiger partial charge in [0, 0.05) is 39.3 Å². The van der Waals surface area contributed by atoms with E-state index in [4.69, 9.17) is 14.6 Å². The van der Waals surface area contributed by atoms with Crippen LogP contribution >= 0.6 is 0 Å². The number of carboxylic acids is 1. The molecule has 0 fully saturated rings. The van der Waals surface area contributed by atoms with Crippen LogP contribution in [-0.4, -0.2) is 62.0 Å². The zero-order valence-corrected chi connectivity index (χ0v) is 11.3. The third-order valence-electron chi connectivity index (χ3n) is 2.87. The van der Waals surface area contributed by atoms with E-state index < -0.39 is 5.97 Å². The van der Waals surface area contributed by atoms with Gasteiger partial charge in [0.15, 0.2) is 0 Å². The highest BCUT2D eigenvalue weighted by Gasteiger charge is 2.20. The molecule has 0 aromatic heterocycles. The normalized spacial score (nSPS) is 14.9. The van der Waals surface area contributed by atoms with E-state index in [1.165, 1.54) is 0 Å². The Morgan fingerprint density at radius 2 is 1.88 bits per heavy atom. The van der Waals surface area contributed by atoms with Crippen LogP contribution in [-0.2, 0) is 14.3 Å². The van der Waals surface area contributed by atoms with Crippen LogP contribution in [0.3, 0.4) is 0 Å². The molecule has 102 valence electrons. The summed E-state index contributed by atoms with van der Waals surface area (Å²) in [7, 11) is 3.34. The molecule has 0 radical (unpaired) electrons. The number of carbonyl (C=O) groups is 1. The number of aliphatic carboxylic acids is 1. The number of ether oxygens (including phenoxy) is 2. The molecule has 0 rings (SSSR count). The summed E-state index contributed by atoms with van der Waals surface area (Å²) in [6.07, 6.45) is 0.845. The standard InChI is InChI=1S/C12H25NO4/c1-10(5-6-12(14)15)13(7-8-16-3)11(2)9-17-4/h10-11H,5-9H2,1-4H3,(H,14,15). The molecule has 5 nitrogen and oxygen atoms in total. The maximum absolute atomic E-state index is 10.6. The number of carboxylic acid groups (broad SMARTS) is 1. The van der Waals surface area contributed by atoms with E-state index in [1.807, 2.05) is 6.92 Å². The first-order chi connectivity index (χ1) is 8.02. The van der Waals surface area contributed by atoms with Gasteiger partial charge < -0.3 is 14.6 Å². The molecule has 2 unspecified atom stereocenters. The van der Waals surface area contributed by atoms with Gasteiger partial charge >= 0.3 is 5.97 Å². The molecular formula is C12H25NO4. The van der Waals surface area contributed by atoms with Gasteiger partial charge in [0.1, 0.15) is 0 Å². The quantitative estimate of drug-likeness (QED) is 0.629. The van der Waals surface area contributed by atoms with E-state index in [0.29, 0.717) is 19.6 Å². The minimum atomic E-state index is -0.747. The van der Waals surface area contributed by atoms with Crippen molar-refractivity contribution in [3.05, 3.63) is 0 Å². The van der Waals surface area contributed by atoms with Gasteiger partial charge in [-0.1, -0.05) is 0 Å². The van der Waals surface area contributed by atoms with Crippen LogP contribution in [0.15, 0.2) is 0 Å². The Labute approximate surface area is 104 Å². The van der Waals surface area contributed by atoms with Gasteiger partial charge in [-0.25, -0.2) is 0 Å². The molecule has 0 amide bonds. The second kappa shape index (κ2) is 9.39. The molecule has 17 heavy (non-hydrogen) atoms. The van der Waals surface area contributed by atoms with E-state index in [0.717, 1.165) is 6.54 Å². The van der Waals surface area contributed by atoms with Crippen molar-refractivity contribution in [2.45, 2.75) is 38.8 Å². The lowest BCUT2D eigenvalue weighted by molar-refractivity contribution is -0.137. The Bertz CT molecular complexity index is 211. The fraction of sp³-hybridized carbons (Fsp3) is 0.917. The predicted octanol–water partition coefficient (Wildman–Crippen LogP) is 1.22. The average Bonchev–Trinajstić information content (AvgIpc) is 2.27. The van der Waals surface area contributed by atoms with E-state index in [1.54, 1.807) is 14.2 Å². The lowest BCUT2D eigenvalue weighted by atomic mass is 10.1. The predicted molar refractivity (Wildman–Crippen MR) is 66.3 cm³/mol. The minimum absolute atomic E-state index is 0.199. The third kappa shape index (κ3) is 7.31. The molecule has 1 N–H and O–H groups in total. The fourth-order valence-corrected chi connectivity index (χ4v) is 1.91. The maximum atomic E-state index is 10.6. The molecule has 2 atom stereocenters. The SMILES string of the molecule is COCCN(C(C)CCC(=O)O)C(C)COC. The van der Waals surface area contributed by atoms with Gasteiger partial charge in [-0.15, -0.1) is 0 Å². The molecule has 0 saturated heterocycles. The van der Waals surface area contributed by atoms with Gasteiger partial charge in [0.25, 0.3) is 0 Å². The van der Waals surface area contributed by atoms with Crippen LogP contribution < -0.4 is 0 Å². The van der Waals surface area contributed by atoms with Crippen molar-refractivity contribution in [2.75, 3.05) is 34.0 Å². The monoisotopic (exact) mass is 247 g/mol. The fourth-order valence-electron chi connectivity index (χ4n) is 1.91. The highest BCUT2D eigenvalue weighted by atomic mass is 16.5. The average molecular weight is 247 g/mol. The summed E-state index contributed by atoms with van der Waals surface area (Å²) in [6, 6.07) is 0.477. The molecular weight excluding hydrogens is 222 g/mol. The van der Waals surface area contributed by atoms with Crippen molar-refractivity contribution >= 4 is 5.97 Å². The Morgan fingerprint density at radius 1 is 1.24 bits per heavy atom. The van der Waals surface area contributed by atoms with Gasteiger partial charge in [0.05, 0.1) is 13.2 Å². The van der Waals surface area contributed by atoms with E-state index in [-0.39, 0.29) is 18.5 Å². The molecule has 0 aliphatic heterocycles. The van der Waals surface area contributed by atoms with Crippen molar-refractivity contribution in [2.24, 2.45) is 0 Å². The molecule has 0 aliphatic rings. The maximum Gasteiger partial charge on any atom is 0.303 e. The summed E-state index contributed by atoms with van der Waals surface area (Å²) in [6.45, 7) is 6.20. The molecule has 0 aromatic carbocycles. The van der Waals surface area contributed by atoms with Crippen LogP contribution in [0.1, 0.15) is 26.7 Å². The summed E-state index contributed by atoms with van der Waals surface area (Å²) in [5.74, 6) is -0.747. The first-order valence-corrected chi connectivity index (χ1v) is 5.98. The molecule has 0 bridgehead atoms. The Kier molecular flexibility index (Phi) is 9.03. The van der Waals surface area contributed by atoms with Gasteiger partial charge in [0.2, 0.25) is 0 Å². The van der Waals surface area contributed by atoms with Crippen molar-refractivity contribution in [1.29, 1.82) is 0 Å². The summed E-state index contributed by atoms with van der Waals surface area (Å²) in [4.78, 5) is 12.8. The largest absolute Gasteiger partial charge is 0.481 e. The minimum Gasteiger partial charge on any atom is -0.481 e. The van der Waals surface area contributed by atoms with Crippen molar-refractivity contribution in [1.82, 2.24) is 4.90 Å². The zero-order valence-electron chi connectivity index (χ0n) is 11.3. The van der Waals surface area contributed by atoms with Gasteiger partial charge in [-0.2, -0.15) is 0 Å². The number of hydrogen-bond acceptors (Lipinski definition) is 4. The van der Waals surface area contributed by atoms with Crippen molar-refractivity contribution in [3.63, 3.8) is 0 Å². The second-order valence-electron chi connectivity index (χ2n) is 4.32. The first-order valence-electron chi connectivity index (χ1n) is 5.98. The lowest BCUT2D eigenvalue weighted by Crippen LogP contribution is -2.44. The van der Waals surface area contributed by atoms with E-state index >= 15 is 0 Å². The zero-order chi connectivity index (χ0) is 13.3. The smallest absolute Gasteiger partial charge is 0.303 e. The van der Waals surface area contributed by atoms with Crippen molar-refractivity contribution < 1.29 is 19.4 Å². The summed E-state index contributed by atoms with van der Waals surface area (Å²) in [5.41, 5.74) is 0. The second-order valence-corrected chi connectivity index (χ2v) is 4.32. The summed E-state index contributed by atoms with van der Waals surface area (Å²) < 4.78 is 10.2. The first kappa shape index (κ1) is 16.4. The highest BCUT2D eigenvalue weighted by Crippen LogP contribution is 2.11. The summed E-state index contributed by atoms with van der Waals surface area (Å²) >= 11 is 0. The van der Waals surface area contributed by atoms with Crippen molar-refractivity contribution in [3.8, 4) is 0 Å². The Morgan fingerprint density at radius 3 is 2.35 bits per heavy atom. The van der Waals surface area contributed by atoms with E-state index in [2.05, 4.69) is 11.8 Å². The van der Waals surface area contributed by atoms with Crippen LogP contribution in [0.25, 0.3) is 0 Å². The van der Waals surface area contributed by atoms with Crippen LogP contribution in [0.2, 0.25) is 0 Å². The van der Waals surface area contributed by atoms with E-state index in [9.17, 15) is 4.79 Å². The van der Waals surface area contributed by atoms with Crippen LogP contribution in [0, 0.1) is 0 Å². The molecule has 0 aliphatic carbocycles. The number of rotatable bonds is 10. The number of hydrogen-bond donors (Lipinski definition) is 1. The Hall–Kier alpha value is -0.650. The Balaban J connectivity index is 4.27. The van der Waals surface area contributed by atoms with Crippen LogP contribution in [0.5, 0.6) is 0 Å². The molecule has 0 saturated carbocycles. The van der Waals surface area contributed by atoms with Gasteiger partial charge in [-0.3, -0.25) is 9.69 Å². The summed E-state index contributed by atoms with van der Waals surface area (Å²) in [5, 5.41) is 8.69.